The smallest absolute Gasteiger partial charge is 0.164 e. The molecule has 1 aromatic carbocycles. The van der Waals surface area contributed by atoms with Crippen LogP contribution in [0, 0.1) is 25.7 Å². The molecule has 2 nitrogen and oxygen atoms in total. The van der Waals surface area contributed by atoms with E-state index in [0.717, 1.165) is 48.1 Å². The first-order valence-electron chi connectivity index (χ1n) is 8.56. The van der Waals surface area contributed by atoms with Crippen LogP contribution < -0.4 is 0 Å². The molecule has 0 spiro atoms. The van der Waals surface area contributed by atoms with Gasteiger partial charge in [-0.15, -0.1) is 0 Å². The second kappa shape index (κ2) is 6.90. The minimum atomic E-state index is 0.327. The van der Waals surface area contributed by atoms with Crippen LogP contribution in [0.15, 0.2) is 22.2 Å². The lowest BCUT2D eigenvalue weighted by Crippen LogP contribution is -2.18. The van der Waals surface area contributed by atoms with E-state index in [1.54, 1.807) is 0 Å². The third kappa shape index (κ3) is 3.46. The van der Waals surface area contributed by atoms with Crippen molar-refractivity contribution in [1.29, 1.82) is 0 Å². The van der Waals surface area contributed by atoms with Crippen LogP contribution in [0.4, 0.5) is 0 Å². The molecule has 1 fully saturated rings. The number of ether oxygens (including phenoxy) is 1. The van der Waals surface area contributed by atoms with Gasteiger partial charge in [0.2, 0.25) is 0 Å². The maximum Gasteiger partial charge on any atom is 0.164 e. The summed E-state index contributed by atoms with van der Waals surface area (Å²) in [4.78, 5) is 12.7. The molecule has 0 radical (unpaired) electrons. The van der Waals surface area contributed by atoms with Crippen molar-refractivity contribution in [3.05, 3.63) is 38.9 Å². The summed E-state index contributed by atoms with van der Waals surface area (Å²) in [6.07, 6.45) is 4.11. The summed E-state index contributed by atoms with van der Waals surface area (Å²) < 4.78 is 6.54. The van der Waals surface area contributed by atoms with Crippen LogP contribution >= 0.6 is 15.9 Å². The third-order valence-corrected chi connectivity index (χ3v) is 5.88. The highest BCUT2D eigenvalue weighted by Crippen LogP contribution is 2.42. The molecule has 23 heavy (non-hydrogen) atoms. The fourth-order valence-corrected chi connectivity index (χ4v) is 4.88. The highest BCUT2D eigenvalue weighted by atomic mass is 79.9. The van der Waals surface area contributed by atoms with E-state index in [1.807, 2.05) is 0 Å². The number of hydrogen-bond acceptors (Lipinski definition) is 2. The molecule has 1 saturated heterocycles. The van der Waals surface area contributed by atoms with Gasteiger partial charge in [0.25, 0.3) is 0 Å². The number of allylic oxidation sites excluding steroid dienone is 2. The highest BCUT2D eigenvalue weighted by molar-refractivity contribution is 9.10. The maximum absolute atomic E-state index is 12.7. The molecule has 0 bridgehead atoms. The van der Waals surface area contributed by atoms with Crippen LogP contribution in [-0.4, -0.2) is 19.0 Å². The Kier molecular flexibility index (Phi) is 5.07. The van der Waals surface area contributed by atoms with Crippen molar-refractivity contribution in [2.24, 2.45) is 11.8 Å². The lowest BCUT2D eigenvalue weighted by Gasteiger charge is -2.25. The molecule has 1 aromatic rings. The van der Waals surface area contributed by atoms with Crippen molar-refractivity contribution in [2.75, 3.05) is 13.2 Å². The Labute approximate surface area is 147 Å². The summed E-state index contributed by atoms with van der Waals surface area (Å²) in [6.45, 7) is 8.14. The summed E-state index contributed by atoms with van der Waals surface area (Å²) >= 11 is 3.55. The molecule has 124 valence electrons. The number of halogens is 1. The number of ketones is 1. The van der Waals surface area contributed by atoms with Crippen molar-refractivity contribution in [3.63, 3.8) is 0 Å². The van der Waals surface area contributed by atoms with Gasteiger partial charge in [0.1, 0.15) is 0 Å². The fraction of sp³-hybridized carbons (Fsp3) is 0.550. The molecule has 0 aromatic heterocycles. The number of carbonyl (C=O) groups excluding carboxylic acids is 1. The zero-order valence-corrected chi connectivity index (χ0v) is 15.8. The molecule has 1 heterocycles. The normalized spacial score (nSPS) is 23.0. The van der Waals surface area contributed by atoms with E-state index in [-0.39, 0.29) is 0 Å². The van der Waals surface area contributed by atoms with Gasteiger partial charge in [0.05, 0.1) is 0 Å². The fourth-order valence-electron chi connectivity index (χ4n) is 4.19. The maximum atomic E-state index is 12.7. The molecular weight excluding hydrogens is 352 g/mol. The summed E-state index contributed by atoms with van der Waals surface area (Å²) in [7, 11) is 0. The second-order valence-electron chi connectivity index (χ2n) is 7.09. The van der Waals surface area contributed by atoms with E-state index in [9.17, 15) is 4.79 Å². The van der Waals surface area contributed by atoms with E-state index in [1.165, 1.54) is 16.7 Å². The Bertz CT molecular complexity index is 631. The molecule has 1 aliphatic carbocycles. The number of rotatable bonds is 3. The first-order chi connectivity index (χ1) is 11.0. The first-order valence-corrected chi connectivity index (χ1v) is 9.35. The SMILES string of the molecule is CC1=C(c2c(C)cc(Br)cc2C)C(=O)CC1CC1CCOCC1. The van der Waals surface area contributed by atoms with Gasteiger partial charge >= 0.3 is 0 Å². The van der Waals surface area contributed by atoms with E-state index in [4.69, 9.17) is 4.74 Å². The topological polar surface area (TPSA) is 26.3 Å². The predicted molar refractivity (Wildman–Crippen MR) is 97.5 cm³/mol. The molecule has 1 unspecified atom stereocenters. The van der Waals surface area contributed by atoms with Gasteiger partial charge in [-0.3, -0.25) is 4.79 Å². The van der Waals surface area contributed by atoms with Gasteiger partial charge in [0, 0.05) is 29.7 Å². The van der Waals surface area contributed by atoms with Crippen LogP contribution in [0.3, 0.4) is 0 Å². The largest absolute Gasteiger partial charge is 0.381 e. The van der Waals surface area contributed by atoms with E-state index in [0.29, 0.717) is 24.0 Å². The van der Waals surface area contributed by atoms with Crippen LogP contribution in [0.25, 0.3) is 5.57 Å². The Hall–Kier alpha value is -0.930. The summed E-state index contributed by atoms with van der Waals surface area (Å²) in [5, 5.41) is 0. The van der Waals surface area contributed by atoms with Crippen LogP contribution in [-0.2, 0) is 9.53 Å². The zero-order valence-electron chi connectivity index (χ0n) is 14.2. The number of aryl methyl sites for hydroxylation is 2. The minimum Gasteiger partial charge on any atom is -0.381 e. The summed E-state index contributed by atoms with van der Waals surface area (Å²) in [5.74, 6) is 1.46. The van der Waals surface area contributed by atoms with Crippen molar-refractivity contribution in [3.8, 4) is 0 Å². The van der Waals surface area contributed by atoms with Crippen molar-refractivity contribution >= 4 is 27.3 Å². The van der Waals surface area contributed by atoms with E-state index >= 15 is 0 Å². The second-order valence-corrected chi connectivity index (χ2v) is 8.00. The summed E-state index contributed by atoms with van der Waals surface area (Å²) in [6, 6.07) is 4.23. The van der Waals surface area contributed by atoms with Crippen LogP contribution in [0.2, 0.25) is 0 Å². The minimum absolute atomic E-state index is 0.327. The average Bonchev–Trinajstić information content (AvgIpc) is 2.75. The Morgan fingerprint density at radius 1 is 1.13 bits per heavy atom. The Balaban J connectivity index is 1.90. The lowest BCUT2D eigenvalue weighted by atomic mass is 9.85. The predicted octanol–water partition coefficient (Wildman–Crippen LogP) is 5.25. The van der Waals surface area contributed by atoms with Crippen LogP contribution in [0.5, 0.6) is 0 Å². The molecule has 2 aliphatic rings. The molecule has 0 amide bonds. The van der Waals surface area contributed by atoms with Crippen LogP contribution in [0.1, 0.15) is 49.3 Å². The molecule has 1 aliphatic heterocycles. The van der Waals surface area contributed by atoms with Crippen molar-refractivity contribution in [2.45, 2.75) is 46.5 Å². The monoisotopic (exact) mass is 376 g/mol. The van der Waals surface area contributed by atoms with E-state index < -0.39 is 0 Å². The van der Waals surface area contributed by atoms with Gasteiger partial charge in [-0.1, -0.05) is 21.5 Å². The summed E-state index contributed by atoms with van der Waals surface area (Å²) in [5.41, 5.74) is 5.82. The quantitative estimate of drug-likeness (QED) is 0.720. The van der Waals surface area contributed by atoms with Crippen molar-refractivity contribution in [1.82, 2.24) is 0 Å². The first kappa shape index (κ1) is 16.9. The van der Waals surface area contributed by atoms with Gasteiger partial charge in [-0.25, -0.2) is 0 Å². The molecule has 0 saturated carbocycles. The Morgan fingerprint density at radius 2 is 1.74 bits per heavy atom. The molecule has 1 atom stereocenters. The molecule has 3 heteroatoms. The Morgan fingerprint density at radius 3 is 2.35 bits per heavy atom. The molecule has 0 N–H and O–H groups in total. The van der Waals surface area contributed by atoms with E-state index in [2.05, 4.69) is 48.8 Å². The van der Waals surface area contributed by atoms with Gasteiger partial charge in [-0.2, -0.15) is 0 Å². The number of Topliss-reactive ketones (excluding diaryl/α,β-unsaturated/α-hetero) is 1. The number of carbonyl (C=O) groups is 1. The van der Waals surface area contributed by atoms with Gasteiger partial charge < -0.3 is 4.74 Å². The third-order valence-electron chi connectivity index (χ3n) is 5.42. The number of hydrogen-bond donors (Lipinski definition) is 0. The standard InChI is InChI=1S/C20H25BrO2/c1-12-8-17(21)9-13(2)19(12)20-14(3)16(11-18(20)22)10-15-4-6-23-7-5-15/h8-9,15-16H,4-7,10-11H2,1-3H3. The van der Waals surface area contributed by atoms with Gasteiger partial charge in [-0.05, 0) is 80.7 Å². The molecule has 3 rings (SSSR count). The zero-order chi connectivity index (χ0) is 16.6. The lowest BCUT2D eigenvalue weighted by molar-refractivity contribution is -0.113. The number of benzene rings is 1. The molecular formula is C20H25BrO2. The average molecular weight is 377 g/mol. The van der Waals surface area contributed by atoms with Crippen molar-refractivity contribution < 1.29 is 9.53 Å². The highest BCUT2D eigenvalue weighted by Gasteiger charge is 2.33. The van der Waals surface area contributed by atoms with Gasteiger partial charge in [0.15, 0.2) is 5.78 Å².